The first kappa shape index (κ1) is 13.4. The molecule has 0 aromatic carbocycles. The van der Waals surface area contributed by atoms with E-state index in [1.807, 2.05) is 0 Å². The van der Waals surface area contributed by atoms with Crippen molar-refractivity contribution in [2.75, 3.05) is 24.5 Å². The zero-order valence-corrected chi connectivity index (χ0v) is 11.8. The molecule has 3 nitrogen and oxygen atoms in total. The molecule has 1 N–H and O–H groups in total. The van der Waals surface area contributed by atoms with Gasteiger partial charge in [-0.15, -0.1) is 0 Å². The summed E-state index contributed by atoms with van der Waals surface area (Å²) in [6, 6.07) is 2.10. The highest BCUT2D eigenvalue weighted by Crippen LogP contribution is 2.22. The fourth-order valence-corrected chi connectivity index (χ4v) is 2.18. The second-order valence-corrected chi connectivity index (χ2v) is 5.07. The largest absolute Gasteiger partial charge is 0.353 e. The van der Waals surface area contributed by atoms with Crippen LogP contribution >= 0.6 is 11.6 Å². The lowest BCUT2D eigenvalue weighted by Crippen LogP contribution is -2.29. The summed E-state index contributed by atoms with van der Waals surface area (Å²) in [5.74, 6) is 1.02. The molecule has 0 aliphatic carbocycles. The number of hydrogen-bond donors (Lipinski definition) is 1. The Kier molecular flexibility index (Phi) is 4.61. The maximum Gasteiger partial charge on any atom is 0.129 e. The summed E-state index contributed by atoms with van der Waals surface area (Å²) >= 11 is 6.16. The van der Waals surface area contributed by atoms with E-state index in [1.54, 1.807) is 6.20 Å². The van der Waals surface area contributed by atoms with Crippen LogP contribution in [0.1, 0.15) is 25.8 Å². The average molecular weight is 266 g/mol. The molecule has 0 amide bonds. The van der Waals surface area contributed by atoms with Gasteiger partial charge in [-0.1, -0.05) is 30.2 Å². The number of hydrogen-bond acceptors (Lipinski definition) is 3. The molecule has 98 valence electrons. The number of pyridine rings is 1. The van der Waals surface area contributed by atoms with Crippen LogP contribution in [0, 0.1) is 0 Å². The maximum atomic E-state index is 6.16. The minimum atomic E-state index is 0.739. The highest BCUT2D eigenvalue weighted by Gasteiger charge is 2.12. The Morgan fingerprint density at radius 3 is 3.00 bits per heavy atom. The lowest BCUT2D eigenvalue weighted by atomic mass is 10.1. The Labute approximate surface area is 114 Å². The van der Waals surface area contributed by atoms with E-state index in [9.17, 15) is 0 Å². The van der Waals surface area contributed by atoms with E-state index in [4.69, 9.17) is 11.6 Å². The van der Waals surface area contributed by atoms with Gasteiger partial charge in [0.1, 0.15) is 5.82 Å². The van der Waals surface area contributed by atoms with E-state index in [1.165, 1.54) is 5.57 Å². The highest BCUT2D eigenvalue weighted by molar-refractivity contribution is 6.31. The van der Waals surface area contributed by atoms with Crippen LogP contribution in [-0.4, -0.2) is 24.6 Å². The maximum absolute atomic E-state index is 6.16. The van der Waals surface area contributed by atoms with Crippen molar-refractivity contribution < 1.29 is 0 Å². The summed E-state index contributed by atoms with van der Waals surface area (Å²) in [6.45, 7) is 8.00. The number of halogens is 1. The molecule has 0 radical (unpaired) electrons. The van der Waals surface area contributed by atoms with E-state index < -0.39 is 0 Å². The van der Waals surface area contributed by atoms with Gasteiger partial charge >= 0.3 is 0 Å². The number of aromatic nitrogens is 1. The van der Waals surface area contributed by atoms with Crippen molar-refractivity contribution in [3.05, 3.63) is 34.5 Å². The van der Waals surface area contributed by atoms with Crippen molar-refractivity contribution in [2.24, 2.45) is 0 Å². The Morgan fingerprint density at radius 1 is 1.50 bits per heavy atom. The molecule has 2 rings (SSSR count). The molecule has 0 spiro atoms. The highest BCUT2D eigenvalue weighted by atomic mass is 35.5. The number of rotatable bonds is 4. The molecule has 0 saturated carbocycles. The molecule has 0 atom stereocenters. The average Bonchev–Trinajstić information content (AvgIpc) is 2.39. The fourth-order valence-electron chi connectivity index (χ4n) is 2.01. The van der Waals surface area contributed by atoms with Crippen molar-refractivity contribution in [1.82, 2.24) is 10.3 Å². The molecule has 0 unspecified atom stereocenters. The van der Waals surface area contributed by atoms with E-state index in [-0.39, 0.29) is 0 Å². The molecule has 0 saturated heterocycles. The second-order valence-electron chi connectivity index (χ2n) is 4.66. The quantitative estimate of drug-likeness (QED) is 0.849. The molecule has 1 aromatic rings. The van der Waals surface area contributed by atoms with Gasteiger partial charge in [-0.3, -0.25) is 0 Å². The minimum Gasteiger partial charge on any atom is -0.353 e. The van der Waals surface area contributed by atoms with Crippen LogP contribution in [0.2, 0.25) is 5.02 Å². The van der Waals surface area contributed by atoms with Crippen LogP contribution in [0.15, 0.2) is 23.9 Å². The molecular weight excluding hydrogens is 246 g/mol. The molecule has 18 heavy (non-hydrogen) atoms. The number of anilines is 1. The molecule has 0 bridgehead atoms. The molecule has 4 heteroatoms. The fraction of sp³-hybridized carbons (Fsp3) is 0.500. The molecule has 1 aromatic heterocycles. The summed E-state index contributed by atoms with van der Waals surface area (Å²) in [4.78, 5) is 6.72. The number of nitrogens with one attached hydrogen (secondary N) is 1. The third-order valence-corrected chi connectivity index (χ3v) is 3.59. The minimum absolute atomic E-state index is 0.739. The topological polar surface area (TPSA) is 28.2 Å². The van der Waals surface area contributed by atoms with Crippen molar-refractivity contribution >= 4 is 17.4 Å². The normalized spacial score (nSPS) is 15.7. The second kappa shape index (κ2) is 6.21. The van der Waals surface area contributed by atoms with Crippen LogP contribution in [0.3, 0.4) is 0 Å². The molecule has 1 aliphatic heterocycles. The van der Waals surface area contributed by atoms with Gasteiger partial charge in [-0.05, 0) is 31.5 Å². The van der Waals surface area contributed by atoms with Crippen molar-refractivity contribution in [1.29, 1.82) is 0 Å². The smallest absolute Gasteiger partial charge is 0.129 e. The van der Waals surface area contributed by atoms with Gasteiger partial charge in [0.2, 0.25) is 0 Å². The Bertz CT molecular complexity index is 443. The standard InChI is InChI=1S/C14H20ClN3/c1-3-16-9-12-8-14(17-10-13(12)15)18-6-4-11(2)5-7-18/h4,8,10,16H,3,5-7,9H2,1-2H3. The van der Waals surface area contributed by atoms with Crippen LogP contribution in [0.5, 0.6) is 0 Å². The summed E-state index contributed by atoms with van der Waals surface area (Å²) in [7, 11) is 0. The van der Waals surface area contributed by atoms with Crippen LogP contribution < -0.4 is 10.2 Å². The zero-order chi connectivity index (χ0) is 13.0. The van der Waals surface area contributed by atoms with Crippen LogP contribution in [0.25, 0.3) is 0 Å². The predicted octanol–water partition coefficient (Wildman–Crippen LogP) is 3.00. The van der Waals surface area contributed by atoms with Gasteiger partial charge in [0.15, 0.2) is 0 Å². The Hall–Kier alpha value is -1.06. The first-order chi connectivity index (χ1) is 8.70. The van der Waals surface area contributed by atoms with Crippen molar-refractivity contribution in [3.8, 4) is 0 Å². The van der Waals surface area contributed by atoms with Crippen LogP contribution in [0.4, 0.5) is 5.82 Å². The lowest BCUT2D eigenvalue weighted by molar-refractivity contribution is 0.723. The van der Waals surface area contributed by atoms with Gasteiger partial charge < -0.3 is 10.2 Å². The Morgan fingerprint density at radius 2 is 2.33 bits per heavy atom. The SMILES string of the molecule is CCNCc1cc(N2CC=C(C)CC2)ncc1Cl. The molecule has 2 heterocycles. The van der Waals surface area contributed by atoms with E-state index in [0.717, 1.165) is 49.0 Å². The summed E-state index contributed by atoms with van der Waals surface area (Å²) in [5, 5.41) is 4.04. The van der Waals surface area contributed by atoms with Crippen molar-refractivity contribution in [2.45, 2.75) is 26.8 Å². The third kappa shape index (κ3) is 3.24. The molecule has 0 fully saturated rings. The van der Waals surface area contributed by atoms with Crippen LogP contribution in [-0.2, 0) is 6.54 Å². The summed E-state index contributed by atoms with van der Waals surface area (Å²) < 4.78 is 0. The monoisotopic (exact) mass is 265 g/mol. The first-order valence-corrected chi connectivity index (χ1v) is 6.84. The number of nitrogens with zero attached hydrogens (tertiary/aromatic N) is 2. The van der Waals surface area contributed by atoms with E-state index in [0.29, 0.717) is 0 Å². The summed E-state index contributed by atoms with van der Waals surface area (Å²) in [5.41, 5.74) is 2.59. The zero-order valence-electron chi connectivity index (χ0n) is 11.0. The molecular formula is C14H20ClN3. The van der Waals surface area contributed by atoms with E-state index in [2.05, 4.69) is 41.2 Å². The van der Waals surface area contributed by atoms with Crippen molar-refractivity contribution in [3.63, 3.8) is 0 Å². The lowest BCUT2D eigenvalue weighted by Gasteiger charge is -2.27. The Balaban J connectivity index is 2.13. The van der Waals surface area contributed by atoms with E-state index >= 15 is 0 Å². The first-order valence-electron chi connectivity index (χ1n) is 6.46. The molecule has 1 aliphatic rings. The van der Waals surface area contributed by atoms with Gasteiger partial charge in [0, 0.05) is 25.8 Å². The third-order valence-electron chi connectivity index (χ3n) is 3.25. The van der Waals surface area contributed by atoms with Gasteiger partial charge in [0.05, 0.1) is 5.02 Å². The van der Waals surface area contributed by atoms with Gasteiger partial charge in [-0.25, -0.2) is 4.98 Å². The van der Waals surface area contributed by atoms with Gasteiger partial charge in [-0.2, -0.15) is 0 Å². The van der Waals surface area contributed by atoms with Gasteiger partial charge in [0.25, 0.3) is 0 Å². The predicted molar refractivity (Wildman–Crippen MR) is 77.2 cm³/mol. The summed E-state index contributed by atoms with van der Waals surface area (Å²) in [6.07, 6.45) is 5.14.